The van der Waals surface area contributed by atoms with Crippen LogP contribution in [0, 0.1) is 5.82 Å². The van der Waals surface area contributed by atoms with Gasteiger partial charge in [-0.05, 0) is 23.8 Å². The molecule has 0 spiro atoms. The van der Waals surface area contributed by atoms with Gasteiger partial charge in [-0.15, -0.1) is 0 Å². The van der Waals surface area contributed by atoms with Crippen LogP contribution in [0.4, 0.5) is 4.39 Å². The van der Waals surface area contributed by atoms with Crippen molar-refractivity contribution in [1.29, 1.82) is 0 Å². The Morgan fingerprint density at radius 2 is 2.04 bits per heavy atom. The van der Waals surface area contributed by atoms with Crippen molar-refractivity contribution in [2.45, 2.75) is 18.5 Å². The lowest BCUT2D eigenvalue weighted by molar-refractivity contribution is -0.127. The van der Waals surface area contributed by atoms with Gasteiger partial charge < -0.3 is 10.2 Å². The molecular formula is C18H21FN4O. The number of likely N-dealkylation sites (tertiary alicyclic amines) is 1. The molecule has 0 bridgehead atoms. The number of hydrogen-bond donors (Lipinski definition) is 1. The van der Waals surface area contributed by atoms with Crippen LogP contribution in [0.5, 0.6) is 0 Å². The molecule has 6 heteroatoms. The summed E-state index contributed by atoms with van der Waals surface area (Å²) in [6, 6.07) is 8.31. The van der Waals surface area contributed by atoms with Gasteiger partial charge in [0.1, 0.15) is 5.82 Å². The molecule has 2 aromatic rings. The first-order valence-electron chi connectivity index (χ1n) is 7.95. The minimum atomic E-state index is -0.239. The molecule has 126 valence electrons. The van der Waals surface area contributed by atoms with Crippen LogP contribution in [0.15, 0.2) is 42.6 Å². The Morgan fingerprint density at radius 1 is 1.29 bits per heavy atom. The summed E-state index contributed by atoms with van der Waals surface area (Å²) in [7, 11) is 3.72. The zero-order valence-corrected chi connectivity index (χ0v) is 13.8. The van der Waals surface area contributed by atoms with Gasteiger partial charge in [0.15, 0.2) is 0 Å². The predicted molar refractivity (Wildman–Crippen MR) is 90.6 cm³/mol. The number of rotatable bonds is 5. The van der Waals surface area contributed by atoms with Gasteiger partial charge in [0, 0.05) is 39.3 Å². The molecule has 0 radical (unpaired) electrons. The van der Waals surface area contributed by atoms with Crippen molar-refractivity contribution in [2.75, 3.05) is 13.6 Å². The van der Waals surface area contributed by atoms with E-state index in [2.05, 4.69) is 10.4 Å². The molecule has 3 rings (SSSR count). The van der Waals surface area contributed by atoms with E-state index in [0.29, 0.717) is 13.0 Å². The molecule has 1 N–H and O–H groups in total. The minimum absolute atomic E-state index is 0.0239. The molecule has 1 aromatic heterocycles. The van der Waals surface area contributed by atoms with Crippen molar-refractivity contribution < 1.29 is 9.18 Å². The Bertz CT molecular complexity index is 738. The Labute approximate surface area is 140 Å². The molecule has 0 aliphatic carbocycles. The normalized spacial score (nSPS) is 21.1. The molecule has 0 unspecified atom stereocenters. The summed E-state index contributed by atoms with van der Waals surface area (Å²) in [6.45, 7) is 0.636. The summed E-state index contributed by atoms with van der Waals surface area (Å²) in [5.41, 5.74) is 1.96. The molecular weight excluding hydrogens is 307 g/mol. The SMILES string of the molecule is CN1C(=O)C[C@@H](NC/C=C/c2ccc(F)cc2)[C@@H]1c1ccnn1C. The van der Waals surface area contributed by atoms with Crippen LogP contribution in [0.25, 0.3) is 6.08 Å². The minimum Gasteiger partial charge on any atom is -0.336 e. The zero-order chi connectivity index (χ0) is 17.1. The summed E-state index contributed by atoms with van der Waals surface area (Å²) in [5, 5.41) is 7.63. The van der Waals surface area contributed by atoms with Crippen LogP contribution in [0.1, 0.15) is 23.7 Å². The quantitative estimate of drug-likeness (QED) is 0.915. The lowest BCUT2D eigenvalue weighted by atomic mass is 10.1. The van der Waals surface area contributed by atoms with Gasteiger partial charge >= 0.3 is 0 Å². The summed E-state index contributed by atoms with van der Waals surface area (Å²) in [5.74, 6) is -0.113. The van der Waals surface area contributed by atoms with Gasteiger partial charge in [-0.1, -0.05) is 24.3 Å². The lowest BCUT2D eigenvalue weighted by Gasteiger charge is -2.25. The molecule has 24 heavy (non-hydrogen) atoms. The highest BCUT2D eigenvalue weighted by molar-refractivity contribution is 5.80. The van der Waals surface area contributed by atoms with E-state index < -0.39 is 0 Å². The Morgan fingerprint density at radius 3 is 2.71 bits per heavy atom. The van der Waals surface area contributed by atoms with E-state index >= 15 is 0 Å². The van der Waals surface area contributed by atoms with Crippen molar-refractivity contribution in [3.63, 3.8) is 0 Å². The summed E-state index contributed by atoms with van der Waals surface area (Å²) in [6.07, 6.45) is 6.14. The van der Waals surface area contributed by atoms with Gasteiger partial charge in [0.05, 0.1) is 11.7 Å². The fourth-order valence-electron chi connectivity index (χ4n) is 3.12. The van der Waals surface area contributed by atoms with E-state index in [1.165, 1.54) is 12.1 Å². The summed E-state index contributed by atoms with van der Waals surface area (Å²) >= 11 is 0. The van der Waals surface area contributed by atoms with Crippen LogP contribution < -0.4 is 5.32 Å². The van der Waals surface area contributed by atoms with Crippen LogP contribution in [0.2, 0.25) is 0 Å². The molecule has 1 amide bonds. The summed E-state index contributed by atoms with van der Waals surface area (Å²) in [4.78, 5) is 13.9. The van der Waals surface area contributed by atoms with Crippen molar-refractivity contribution in [3.8, 4) is 0 Å². The highest BCUT2D eigenvalue weighted by atomic mass is 19.1. The molecule has 1 fully saturated rings. The third kappa shape index (κ3) is 3.38. The van der Waals surface area contributed by atoms with E-state index in [1.54, 1.807) is 23.2 Å². The molecule has 2 heterocycles. The average molecular weight is 328 g/mol. The van der Waals surface area contributed by atoms with Crippen molar-refractivity contribution in [1.82, 2.24) is 20.0 Å². The first-order chi connectivity index (χ1) is 11.6. The Kier molecular flexibility index (Phi) is 4.76. The maximum atomic E-state index is 12.9. The Hall–Kier alpha value is -2.47. The van der Waals surface area contributed by atoms with Gasteiger partial charge in [-0.25, -0.2) is 4.39 Å². The second-order valence-electron chi connectivity index (χ2n) is 6.00. The number of carbonyl (C=O) groups excluding carboxylic acids is 1. The number of nitrogens with one attached hydrogen (secondary N) is 1. The third-order valence-corrected chi connectivity index (χ3v) is 4.43. The first kappa shape index (κ1) is 16.4. The maximum Gasteiger partial charge on any atom is 0.224 e. The highest BCUT2D eigenvalue weighted by Gasteiger charge is 2.39. The molecule has 0 saturated carbocycles. The first-order valence-corrected chi connectivity index (χ1v) is 7.95. The van der Waals surface area contributed by atoms with E-state index in [0.717, 1.165) is 11.3 Å². The maximum absolute atomic E-state index is 12.9. The van der Waals surface area contributed by atoms with Crippen LogP contribution >= 0.6 is 0 Å². The predicted octanol–water partition coefficient (Wildman–Crippen LogP) is 2.13. The molecule has 1 aliphatic rings. The third-order valence-electron chi connectivity index (χ3n) is 4.43. The van der Waals surface area contributed by atoms with Crippen molar-refractivity contribution in [2.24, 2.45) is 7.05 Å². The number of nitrogens with zero attached hydrogens (tertiary/aromatic N) is 3. The number of halogens is 1. The molecule has 5 nitrogen and oxygen atoms in total. The zero-order valence-electron chi connectivity index (χ0n) is 13.8. The highest BCUT2D eigenvalue weighted by Crippen LogP contribution is 2.31. The van der Waals surface area contributed by atoms with Crippen molar-refractivity contribution >= 4 is 12.0 Å². The van der Waals surface area contributed by atoms with Gasteiger partial charge in [0.2, 0.25) is 5.91 Å². The molecule has 2 atom stereocenters. The molecule has 1 aromatic carbocycles. The standard InChI is InChI=1S/C18H21FN4O/c1-22-17(24)12-15(18(22)16-9-11-21-23(16)2)20-10-3-4-13-5-7-14(19)8-6-13/h3-9,11,15,18,20H,10,12H2,1-2H3/b4-3+/t15-,18-/m1/s1. The van der Waals surface area contributed by atoms with E-state index in [4.69, 9.17) is 0 Å². The van der Waals surface area contributed by atoms with E-state index in [1.807, 2.05) is 37.0 Å². The van der Waals surface area contributed by atoms with Gasteiger partial charge in [-0.2, -0.15) is 5.10 Å². The smallest absolute Gasteiger partial charge is 0.224 e. The largest absolute Gasteiger partial charge is 0.336 e. The topological polar surface area (TPSA) is 50.2 Å². The number of benzene rings is 1. The number of aromatic nitrogens is 2. The van der Waals surface area contributed by atoms with Crippen LogP contribution in [-0.4, -0.2) is 40.2 Å². The van der Waals surface area contributed by atoms with Gasteiger partial charge in [0.25, 0.3) is 0 Å². The van der Waals surface area contributed by atoms with Crippen LogP contribution in [0.3, 0.4) is 0 Å². The van der Waals surface area contributed by atoms with E-state index in [-0.39, 0.29) is 23.8 Å². The monoisotopic (exact) mass is 328 g/mol. The number of likely N-dealkylation sites (N-methyl/N-ethyl adjacent to an activating group) is 1. The fourth-order valence-corrected chi connectivity index (χ4v) is 3.12. The molecule has 1 aliphatic heterocycles. The van der Waals surface area contributed by atoms with Crippen molar-refractivity contribution in [3.05, 3.63) is 59.7 Å². The summed E-state index contributed by atoms with van der Waals surface area (Å²) < 4.78 is 14.7. The molecule has 1 saturated heterocycles. The average Bonchev–Trinajstić information content (AvgIpc) is 3.09. The lowest BCUT2D eigenvalue weighted by Crippen LogP contribution is -2.36. The van der Waals surface area contributed by atoms with Gasteiger partial charge in [-0.3, -0.25) is 9.48 Å². The number of amides is 1. The Balaban J connectivity index is 1.64. The number of hydrogen-bond acceptors (Lipinski definition) is 3. The second kappa shape index (κ2) is 6.97. The fraction of sp³-hybridized carbons (Fsp3) is 0.333. The number of aryl methyl sites for hydroxylation is 1. The van der Waals surface area contributed by atoms with Crippen LogP contribution in [-0.2, 0) is 11.8 Å². The van der Waals surface area contributed by atoms with E-state index in [9.17, 15) is 9.18 Å². The number of carbonyl (C=O) groups is 1. The second-order valence-corrected chi connectivity index (χ2v) is 6.00.